The molecular formula is C12H18NO. The van der Waals surface area contributed by atoms with Gasteiger partial charge in [-0.2, -0.15) is 0 Å². The minimum absolute atomic E-state index is 0.194. The Morgan fingerprint density at radius 2 is 2.36 bits per heavy atom. The zero-order chi connectivity index (χ0) is 10.2. The fraction of sp³-hybridized carbons (Fsp3) is 0.500. The Labute approximate surface area is 86.1 Å². The predicted molar refractivity (Wildman–Crippen MR) is 57.8 cm³/mol. The molecule has 0 aliphatic heterocycles. The standard InChI is InChI=1S/C12H18NO/c1-2-3-9-14-12(13)10-11-7-5-4-6-8-11/h4-7,12H,2-3,9-10,13H2,1H3. The van der Waals surface area contributed by atoms with Crippen LogP contribution < -0.4 is 5.73 Å². The van der Waals surface area contributed by atoms with Gasteiger partial charge in [0.05, 0.1) is 0 Å². The summed E-state index contributed by atoms with van der Waals surface area (Å²) in [5.74, 6) is 0. The number of hydrogen-bond acceptors (Lipinski definition) is 2. The molecule has 0 saturated heterocycles. The van der Waals surface area contributed by atoms with Crippen LogP contribution in [-0.4, -0.2) is 12.8 Å². The van der Waals surface area contributed by atoms with Crippen LogP contribution in [-0.2, 0) is 11.2 Å². The van der Waals surface area contributed by atoms with Gasteiger partial charge >= 0.3 is 0 Å². The zero-order valence-electron chi connectivity index (χ0n) is 8.70. The van der Waals surface area contributed by atoms with Crippen molar-refractivity contribution in [2.75, 3.05) is 6.61 Å². The number of benzene rings is 1. The van der Waals surface area contributed by atoms with Crippen LogP contribution in [0.25, 0.3) is 0 Å². The number of hydrogen-bond donors (Lipinski definition) is 1. The number of nitrogens with two attached hydrogens (primary N) is 1. The molecule has 2 heteroatoms. The van der Waals surface area contributed by atoms with E-state index in [1.165, 1.54) is 0 Å². The average molecular weight is 192 g/mol. The molecule has 0 aliphatic carbocycles. The van der Waals surface area contributed by atoms with Gasteiger partial charge in [-0.05, 0) is 18.1 Å². The highest BCUT2D eigenvalue weighted by molar-refractivity contribution is 5.13. The van der Waals surface area contributed by atoms with E-state index in [0.717, 1.165) is 31.4 Å². The fourth-order valence-electron chi connectivity index (χ4n) is 1.21. The van der Waals surface area contributed by atoms with Crippen molar-refractivity contribution >= 4 is 0 Å². The molecule has 1 unspecified atom stereocenters. The van der Waals surface area contributed by atoms with E-state index in [4.69, 9.17) is 10.5 Å². The lowest BCUT2D eigenvalue weighted by Crippen LogP contribution is -2.26. The molecule has 0 fully saturated rings. The molecule has 1 radical (unpaired) electrons. The lowest BCUT2D eigenvalue weighted by atomic mass is 10.1. The molecule has 0 amide bonds. The second kappa shape index (κ2) is 6.57. The van der Waals surface area contributed by atoms with E-state index in [1.807, 2.05) is 24.3 Å². The summed E-state index contributed by atoms with van der Waals surface area (Å²) in [6, 6.07) is 11.0. The highest BCUT2D eigenvalue weighted by atomic mass is 16.5. The van der Waals surface area contributed by atoms with Crippen LogP contribution in [0.2, 0.25) is 0 Å². The van der Waals surface area contributed by atoms with Crippen molar-refractivity contribution < 1.29 is 4.74 Å². The topological polar surface area (TPSA) is 35.2 Å². The van der Waals surface area contributed by atoms with Gasteiger partial charge in [-0.25, -0.2) is 0 Å². The Balaban J connectivity index is 2.23. The normalized spacial score (nSPS) is 12.7. The van der Waals surface area contributed by atoms with Crippen LogP contribution in [0.15, 0.2) is 24.3 Å². The Morgan fingerprint density at radius 1 is 1.50 bits per heavy atom. The van der Waals surface area contributed by atoms with Crippen molar-refractivity contribution in [3.8, 4) is 0 Å². The molecule has 2 nitrogen and oxygen atoms in total. The molecule has 0 bridgehead atoms. The second-order valence-corrected chi connectivity index (χ2v) is 3.35. The van der Waals surface area contributed by atoms with Gasteiger partial charge in [0, 0.05) is 13.0 Å². The first-order valence-corrected chi connectivity index (χ1v) is 5.15. The van der Waals surface area contributed by atoms with E-state index in [2.05, 4.69) is 13.0 Å². The third-order valence-corrected chi connectivity index (χ3v) is 2.02. The van der Waals surface area contributed by atoms with Gasteiger partial charge in [0.2, 0.25) is 0 Å². The highest BCUT2D eigenvalue weighted by Gasteiger charge is 2.02. The Kier molecular flexibility index (Phi) is 5.27. The highest BCUT2D eigenvalue weighted by Crippen LogP contribution is 2.02. The SMILES string of the molecule is CCCCOC(N)Cc1[c]cccc1. The third-order valence-electron chi connectivity index (χ3n) is 2.02. The van der Waals surface area contributed by atoms with Gasteiger partial charge < -0.3 is 10.5 Å². The number of unbranched alkanes of at least 4 members (excludes halogenated alkanes) is 1. The smallest absolute Gasteiger partial charge is 0.109 e. The van der Waals surface area contributed by atoms with Crippen molar-refractivity contribution in [2.45, 2.75) is 32.4 Å². The van der Waals surface area contributed by atoms with E-state index in [-0.39, 0.29) is 6.23 Å². The van der Waals surface area contributed by atoms with Crippen molar-refractivity contribution in [3.05, 3.63) is 35.9 Å². The molecule has 1 rings (SSSR count). The molecule has 77 valence electrons. The van der Waals surface area contributed by atoms with Gasteiger partial charge in [0.25, 0.3) is 0 Å². The molecule has 0 heterocycles. The molecular weight excluding hydrogens is 174 g/mol. The molecule has 0 spiro atoms. The van der Waals surface area contributed by atoms with Crippen LogP contribution in [0.5, 0.6) is 0 Å². The van der Waals surface area contributed by atoms with E-state index < -0.39 is 0 Å². The van der Waals surface area contributed by atoms with E-state index >= 15 is 0 Å². The first-order chi connectivity index (χ1) is 6.83. The maximum absolute atomic E-state index is 5.80. The van der Waals surface area contributed by atoms with Crippen molar-refractivity contribution in [3.63, 3.8) is 0 Å². The van der Waals surface area contributed by atoms with Crippen LogP contribution in [0.4, 0.5) is 0 Å². The maximum atomic E-state index is 5.80. The summed E-state index contributed by atoms with van der Waals surface area (Å²) in [6.45, 7) is 2.89. The van der Waals surface area contributed by atoms with Crippen molar-refractivity contribution in [1.82, 2.24) is 0 Å². The summed E-state index contributed by atoms with van der Waals surface area (Å²) in [5, 5.41) is 0. The van der Waals surface area contributed by atoms with E-state index in [9.17, 15) is 0 Å². The van der Waals surface area contributed by atoms with Crippen LogP contribution in [0.1, 0.15) is 25.3 Å². The minimum Gasteiger partial charge on any atom is -0.363 e. The third kappa shape index (κ3) is 4.40. The molecule has 0 aromatic heterocycles. The summed E-state index contributed by atoms with van der Waals surface area (Å²) in [4.78, 5) is 0. The van der Waals surface area contributed by atoms with Gasteiger partial charge in [-0.3, -0.25) is 0 Å². The van der Waals surface area contributed by atoms with Gasteiger partial charge in [0.15, 0.2) is 0 Å². The van der Waals surface area contributed by atoms with Crippen LogP contribution in [0, 0.1) is 6.07 Å². The molecule has 14 heavy (non-hydrogen) atoms. The zero-order valence-corrected chi connectivity index (χ0v) is 8.70. The lowest BCUT2D eigenvalue weighted by Gasteiger charge is -2.12. The summed E-state index contributed by atoms with van der Waals surface area (Å²) >= 11 is 0. The number of ether oxygens (including phenoxy) is 1. The lowest BCUT2D eigenvalue weighted by molar-refractivity contribution is 0.0561. The molecule has 2 N–H and O–H groups in total. The molecule has 1 aromatic rings. The Hall–Kier alpha value is -0.860. The van der Waals surface area contributed by atoms with Gasteiger partial charge in [0.1, 0.15) is 6.23 Å². The van der Waals surface area contributed by atoms with Crippen molar-refractivity contribution in [2.24, 2.45) is 5.73 Å². The number of rotatable bonds is 6. The summed E-state index contributed by atoms with van der Waals surface area (Å²) in [5.41, 5.74) is 6.91. The van der Waals surface area contributed by atoms with E-state index in [1.54, 1.807) is 0 Å². The predicted octanol–water partition coefficient (Wildman–Crippen LogP) is 2.13. The summed E-state index contributed by atoms with van der Waals surface area (Å²) in [6.07, 6.45) is 2.77. The van der Waals surface area contributed by atoms with Gasteiger partial charge in [-0.15, -0.1) is 0 Å². The first kappa shape index (κ1) is 11.2. The average Bonchev–Trinajstić information content (AvgIpc) is 2.20. The van der Waals surface area contributed by atoms with Crippen LogP contribution in [0.3, 0.4) is 0 Å². The molecule has 0 saturated carbocycles. The maximum Gasteiger partial charge on any atom is 0.109 e. The molecule has 1 atom stereocenters. The quantitative estimate of drug-likeness (QED) is 0.553. The molecule has 1 aromatic carbocycles. The monoisotopic (exact) mass is 192 g/mol. The van der Waals surface area contributed by atoms with E-state index in [0.29, 0.717) is 0 Å². The largest absolute Gasteiger partial charge is 0.363 e. The Bertz CT molecular complexity index is 235. The van der Waals surface area contributed by atoms with Crippen molar-refractivity contribution in [1.29, 1.82) is 0 Å². The summed E-state index contributed by atoms with van der Waals surface area (Å²) < 4.78 is 5.44. The van der Waals surface area contributed by atoms with Gasteiger partial charge in [-0.1, -0.05) is 37.6 Å². The Morgan fingerprint density at radius 3 is 3.00 bits per heavy atom. The minimum atomic E-state index is -0.194. The molecule has 0 aliphatic rings. The second-order valence-electron chi connectivity index (χ2n) is 3.35. The fourth-order valence-corrected chi connectivity index (χ4v) is 1.21. The first-order valence-electron chi connectivity index (χ1n) is 5.15. The summed E-state index contributed by atoms with van der Waals surface area (Å²) in [7, 11) is 0. The van der Waals surface area contributed by atoms with Crippen LogP contribution >= 0.6 is 0 Å².